The molecule has 1 atom stereocenters. The summed E-state index contributed by atoms with van der Waals surface area (Å²) in [6, 6.07) is 3.90. The lowest BCUT2D eigenvalue weighted by Crippen LogP contribution is -2.11. The van der Waals surface area contributed by atoms with E-state index < -0.39 is 0 Å². The summed E-state index contributed by atoms with van der Waals surface area (Å²) in [6.07, 6.45) is 4.57. The van der Waals surface area contributed by atoms with Gasteiger partial charge in [0.05, 0.1) is 14.2 Å². The molecule has 0 aliphatic rings. The normalized spacial score (nSPS) is 12.3. The van der Waals surface area contributed by atoms with E-state index >= 15 is 0 Å². The Balaban J connectivity index is 2.87. The largest absolute Gasteiger partial charge is 0.493 e. The minimum atomic E-state index is 0.0331. The van der Waals surface area contributed by atoms with E-state index in [0.717, 1.165) is 28.6 Å². The number of halogens is 1. The maximum absolute atomic E-state index is 6.23. The standard InChI is InChI=1S/C14H22BrNO2/c1-4-5-6-7-12(16)10-8-13(17-2)14(18-3)9-11(10)15/h8-9,12H,4-7,16H2,1-3H3/t12-/m0/s1. The SMILES string of the molecule is CCCCC[C@H](N)c1cc(OC)c(OC)cc1Br. The lowest BCUT2D eigenvalue weighted by atomic mass is 10.0. The Hall–Kier alpha value is -0.740. The number of hydrogen-bond donors (Lipinski definition) is 1. The molecule has 3 nitrogen and oxygen atoms in total. The summed E-state index contributed by atoms with van der Waals surface area (Å²) in [4.78, 5) is 0. The van der Waals surface area contributed by atoms with E-state index in [-0.39, 0.29) is 6.04 Å². The van der Waals surface area contributed by atoms with E-state index in [2.05, 4.69) is 22.9 Å². The van der Waals surface area contributed by atoms with Crippen LogP contribution in [-0.4, -0.2) is 14.2 Å². The summed E-state index contributed by atoms with van der Waals surface area (Å²) in [7, 11) is 3.27. The summed E-state index contributed by atoms with van der Waals surface area (Å²) in [5, 5.41) is 0. The topological polar surface area (TPSA) is 44.5 Å². The van der Waals surface area contributed by atoms with Crippen LogP contribution in [0.5, 0.6) is 11.5 Å². The number of unbranched alkanes of at least 4 members (excludes halogenated alkanes) is 2. The zero-order valence-electron chi connectivity index (χ0n) is 11.3. The van der Waals surface area contributed by atoms with E-state index in [1.165, 1.54) is 12.8 Å². The molecule has 1 rings (SSSR count). The van der Waals surface area contributed by atoms with Gasteiger partial charge in [-0.2, -0.15) is 0 Å². The summed E-state index contributed by atoms with van der Waals surface area (Å²) in [5.41, 5.74) is 7.30. The third-order valence-corrected chi connectivity index (χ3v) is 3.71. The van der Waals surface area contributed by atoms with Crippen LogP contribution in [0.1, 0.15) is 44.2 Å². The molecule has 2 N–H and O–H groups in total. The van der Waals surface area contributed by atoms with Crippen LogP contribution in [0.3, 0.4) is 0 Å². The van der Waals surface area contributed by atoms with Crippen LogP contribution in [-0.2, 0) is 0 Å². The molecule has 0 saturated carbocycles. The van der Waals surface area contributed by atoms with Crippen molar-refractivity contribution in [3.63, 3.8) is 0 Å². The van der Waals surface area contributed by atoms with Crippen LogP contribution >= 0.6 is 15.9 Å². The summed E-state index contributed by atoms with van der Waals surface area (Å²) in [5.74, 6) is 1.44. The van der Waals surface area contributed by atoms with E-state index in [4.69, 9.17) is 15.2 Å². The number of methoxy groups -OCH3 is 2. The molecule has 0 heterocycles. The minimum Gasteiger partial charge on any atom is -0.493 e. The van der Waals surface area contributed by atoms with Crippen molar-refractivity contribution in [2.45, 2.75) is 38.6 Å². The van der Waals surface area contributed by atoms with Gasteiger partial charge in [-0.3, -0.25) is 0 Å². The molecule has 0 aromatic heterocycles. The van der Waals surface area contributed by atoms with Crippen molar-refractivity contribution in [1.29, 1.82) is 0 Å². The van der Waals surface area contributed by atoms with Gasteiger partial charge < -0.3 is 15.2 Å². The van der Waals surface area contributed by atoms with Crippen molar-refractivity contribution < 1.29 is 9.47 Å². The van der Waals surface area contributed by atoms with Crippen LogP contribution in [0.4, 0.5) is 0 Å². The minimum absolute atomic E-state index is 0.0331. The highest BCUT2D eigenvalue weighted by molar-refractivity contribution is 9.10. The first kappa shape index (κ1) is 15.3. The van der Waals surface area contributed by atoms with Crippen molar-refractivity contribution >= 4 is 15.9 Å². The molecule has 0 aliphatic heterocycles. The Bertz CT molecular complexity index is 382. The monoisotopic (exact) mass is 315 g/mol. The second-order valence-corrected chi connectivity index (χ2v) is 5.19. The van der Waals surface area contributed by atoms with Gasteiger partial charge in [-0.1, -0.05) is 42.1 Å². The Morgan fingerprint density at radius 3 is 2.33 bits per heavy atom. The predicted octanol–water partition coefficient (Wildman–Crippen LogP) is 4.05. The van der Waals surface area contributed by atoms with E-state index in [1.807, 2.05) is 12.1 Å². The van der Waals surface area contributed by atoms with Crippen LogP contribution < -0.4 is 15.2 Å². The first-order valence-electron chi connectivity index (χ1n) is 6.31. The van der Waals surface area contributed by atoms with Gasteiger partial charge in [-0.25, -0.2) is 0 Å². The quantitative estimate of drug-likeness (QED) is 0.772. The van der Waals surface area contributed by atoms with E-state index in [0.29, 0.717) is 5.75 Å². The Morgan fingerprint density at radius 1 is 1.17 bits per heavy atom. The average Bonchev–Trinajstić information content (AvgIpc) is 2.38. The second-order valence-electron chi connectivity index (χ2n) is 4.33. The highest BCUT2D eigenvalue weighted by atomic mass is 79.9. The average molecular weight is 316 g/mol. The summed E-state index contributed by atoms with van der Waals surface area (Å²) >= 11 is 3.55. The van der Waals surface area contributed by atoms with Crippen molar-refractivity contribution in [3.8, 4) is 11.5 Å². The number of ether oxygens (including phenoxy) is 2. The number of benzene rings is 1. The van der Waals surface area contributed by atoms with Gasteiger partial charge in [-0.05, 0) is 24.1 Å². The third-order valence-electron chi connectivity index (χ3n) is 3.02. The molecule has 0 amide bonds. The highest BCUT2D eigenvalue weighted by Crippen LogP contribution is 2.36. The van der Waals surface area contributed by atoms with Gasteiger partial charge in [0, 0.05) is 10.5 Å². The molecule has 0 bridgehead atoms. The van der Waals surface area contributed by atoms with Crippen LogP contribution in [0, 0.1) is 0 Å². The van der Waals surface area contributed by atoms with Crippen LogP contribution in [0.15, 0.2) is 16.6 Å². The van der Waals surface area contributed by atoms with E-state index in [9.17, 15) is 0 Å². The highest BCUT2D eigenvalue weighted by Gasteiger charge is 2.14. The zero-order chi connectivity index (χ0) is 13.5. The third kappa shape index (κ3) is 3.89. The molecular weight excluding hydrogens is 294 g/mol. The molecule has 1 aromatic rings. The fraction of sp³-hybridized carbons (Fsp3) is 0.571. The molecule has 1 aromatic carbocycles. The molecule has 102 valence electrons. The van der Waals surface area contributed by atoms with Gasteiger partial charge in [0.1, 0.15) is 0 Å². The zero-order valence-corrected chi connectivity index (χ0v) is 12.9. The van der Waals surface area contributed by atoms with E-state index in [1.54, 1.807) is 14.2 Å². The second kappa shape index (κ2) is 7.64. The molecule has 0 unspecified atom stereocenters. The maximum Gasteiger partial charge on any atom is 0.161 e. The van der Waals surface area contributed by atoms with Gasteiger partial charge in [0.25, 0.3) is 0 Å². The van der Waals surface area contributed by atoms with Crippen molar-refractivity contribution in [3.05, 3.63) is 22.2 Å². The Kier molecular flexibility index (Phi) is 6.50. The summed E-state index contributed by atoms with van der Waals surface area (Å²) in [6.45, 7) is 2.19. The van der Waals surface area contributed by atoms with Crippen LogP contribution in [0.25, 0.3) is 0 Å². The first-order valence-corrected chi connectivity index (χ1v) is 7.10. The molecule has 4 heteroatoms. The maximum atomic E-state index is 6.23. The van der Waals surface area contributed by atoms with Gasteiger partial charge in [0.2, 0.25) is 0 Å². The summed E-state index contributed by atoms with van der Waals surface area (Å²) < 4.78 is 11.5. The lowest BCUT2D eigenvalue weighted by Gasteiger charge is -2.17. The van der Waals surface area contributed by atoms with Crippen LogP contribution in [0.2, 0.25) is 0 Å². The molecule has 18 heavy (non-hydrogen) atoms. The lowest BCUT2D eigenvalue weighted by molar-refractivity contribution is 0.353. The van der Waals surface area contributed by atoms with Crippen molar-refractivity contribution in [2.24, 2.45) is 5.73 Å². The first-order chi connectivity index (χ1) is 8.63. The number of rotatable bonds is 7. The molecule has 0 spiro atoms. The van der Waals surface area contributed by atoms with Gasteiger partial charge in [0.15, 0.2) is 11.5 Å². The molecule has 0 radical (unpaired) electrons. The fourth-order valence-corrected chi connectivity index (χ4v) is 2.54. The molecule has 0 aliphatic carbocycles. The Labute approximate surface area is 118 Å². The van der Waals surface area contributed by atoms with Gasteiger partial charge in [-0.15, -0.1) is 0 Å². The smallest absolute Gasteiger partial charge is 0.161 e. The predicted molar refractivity (Wildman–Crippen MR) is 78.3 cm³/mol. The molecular formula is C14H22BrNO2. The van der Waals surface area contributed by atoms with Crippen molar-refractivity contribution in [2.75, 3.05) is 14.2 Å². The van der Waals surface area contributed by atoms with Gasteiger partial charge >= 0.3 is 0 Å². The fourth-order valence-electron chi connectivity index (χ4n) is 1.92. The number of nitrogens with two attached hydrogens (primary N) is 1. The van der Waals surface area contributed by atoms with Crippen molar-refractivity contribution in [1.82, 2.24) is 0 Å². The molecule has 0 fully saturated rings. The molecule has 0 saturated heterocycles. The number of hydrogen-bond acceptors (Lipinski definition) is 3. The Morgan fingerprint density at radius 2 is 1.78 bits per heavy atom.